The van der Waals surface area contributed by atoms with E-state index in [0.717, 1.165) is 33.1 Å². The van der Waals surface area contributed by atoms with E-state index >= 15 is 0 Å². The van der Waals surface area contributed by atoms with E-state index in [4.69, 9.17) is 5.26 Å². The number of nitriles is 1. The van der Waals surface area contributed by atoms with Gasteiger partial charge in [-0.1, -0.05) is 0 Å². The van der Waals surface area contributed by atoms with Gasteiger partial charge in [0.1, 0.15) is 17.4 Å². The molecule has 4 rings (SSSR count). The number of H-pyrrole nitrogens is 1. The Balaban J connectivity index is 2.02. The van der Waals surface area contributed by atoms with Crippen molar-refractivity contribution in [3.63, 3.8) is 0 Å². The van der Waals surface area contributed by atoms with Crippen molar-refractivity contribution in [1.82, 2.24) is 19.9 Å². The van der Waals surface area contributed by atoms with E-state index in [1.165, 1.54) is 0 Å². The predicted molar refractivity (Wildman–Crippen MR) is 79.3 cm³/mol. The van der Waals surface area contributed by atoms with E-state index in [0.29, 0.717) is 5.69 Å². The van der Waals surface area contributed by atoms with E-state index in [9.17, 15) is 0 Å². The number of pyridine rings is 3. The number of nitrogens with one attached hydrogen (secondary N) is 1. The molecule has 4 heterocycles. The fraction of sp³-hybridized carbons (Fsp3) is 0. The maximum Gasteiger partial charge on any atom is 0.141 e. The lowest BCUT2D eigenvalue weighted by Gasteiger charge is -2.00. The van der Waals surface area contributed by atoms with Gasteiger partial charge in [0, 0.05) is 34.9 Å². The largest absolute Gasteiger partial charge is 0.338 e. The Kier molecular flexibility index (Phi) is 2.42. The Morgan fingerprint density at radius 1 is 0.952 bits per heavy atom. The summed E-state index contributed by atoms with van der Waals surface area (Å²) in [6.45, 7) is 0. The number of aromatic amines is 1. The molecule has 5 heteroatoms. The monoisotopic (exact) mass is 271 g/mol. The third-order valence-corrected chi connectivity index (χ3v) is 3.46. The zero-order valence-electron chi connectivity index (χ0n) is 10.9. The van der Waals surface area contributed by atoms with E-state index in [1.54, 1.807) is 24.7 Å². The summed E-state index contributed by atoms with van der Waals surface area (Å²) in [4.78, 5) is 15.8. The number of fused-ring (bicyclic) bond motifs is 3. The van der Waals surface area contributed by atoms with Gasteiger partial charge in [-0.25, -0.2) is 9.97 Å². The molecule has 0 radical (unpaired) electrons. The van der Waals surface area contributed by atoms with Crippen molar-refractivity contribution in [2.75, 3.05) is 0 Å². The van der Waals surface area contributed by atoms with Crippen molar-refractivity contribution in [2.45, 2.75) is 0 Å². The van der Waals surface area contributed by atoms with Gasteiger partial charge in [0.2, 0.25) is 0 Å². The Labute approximate surface area is 119 Å². The second-order valence-electron chi connectivity index (χ2n) is 4.71. The smallest absolute Gasteiger partial charge is 0.141 e. The van der Waals surface area contributed by atoms with Crippen molar-refractivity contribution >= 4 is 21.9 Å². The van der Waals surface area contributed by atoms with Crippen molar-refractivity contribution < 1.29 is 0 Å². The van der Waals surface area contributed by atoms with Crippen molar-refractivity contribution in [1.29, 1.82) is 5.26 Å². The van der Waals surface area contributed by atoms with Crippen molar-refractivity contribution in [3.05, 3.63) is 54.7 Å². The van der Waals surface area contributed by atoms with Gasteiger partial charge in [-0.3, -0.25) is 4.98 Å². The van der Waals surface area contributed by atoms with Crippen LogP contribution in [0.15, 0.2) is 49.1 Å². The maximum absolute atomic E-state index is 8.99. The molecule has 0 bridgehead atoms. The molecular weight excluding hydrogens is 262 g/mol. The molecule has 0 unspecified atom stereocenters. The molecule has 4 aromatic rings. The van der Waals surface area contributed by atoms with Gasteiger partial charge in [-0.05, 0) is 29.8 Å². The summed E-state index contributed by atoms with van der Waals surface area (Å²) >= 11 is 0. The van der Waals surface area contributed by atoms with Crippen molar-refractivity contribution in [3.8, 4) is 17.2 Å². The van der Waals surface area contributed by atoms with E-state index in [1.807, 2.05) is 18.3 Å². The lowest BCUT2D eigenvalue weighted by Crippen LogP contribution is -1.82. The van der Waals surface area contributed by atoms with Crippen LogP contribution in [0.3, 0.4) is 0 Å². The van der Waals surface area contributed by atoms with E-state index in [-0.39, 0.29) is 0 Å². The van der Waals surface area contributed by atoms with Crippen LogP contribution in [-0.4, -0.2) is 19.9 Å². The minimum absolute atomic E-state index is 0.401. The van der Waals surface area contributed by atoms with Crippen LogP contribution in [0, 0.1) is 11.3 Å². The highest BCUT2D eigenvalue weighted by atomic mass is 14.9. The van der Waals surface area contributed by atoms with Gasteiger partial charge < -0.3 is 4.98 Å². The average molecular weight is 271 g/mol. The quantitative estimate of drug-likeness (QED) is 0.577. The Morgan fingerprint density at radius 3 is 2.62 bits per heavy atom. The van der Waals surface area contributed by atoms with Crippen LogP contribution in [-0.2, 0) is 0 Å². The minimum atomic E-state index is 0.401. The third kappa shape index (κ3) is 1.82. The number of nitrogens with zero attached hydrogens (tertiary/aromatic N) is 4. The molecule has 0 saturated carbocycles. The first-order valence-electron chi connectivity index (χ1n) is 6.43. The summed E-state index contributed by atoms with van der Waals surface area (Å²) in [7, 11) is 0. The highest BCUT2D eigenvalue weighted by Gasteiger charge is 2.08. The lowest BCUT2D eigenvalue weighted by molar-refractivity contribution is 1.27. The standard InChI is InChI=1S/C16H9N5/c17-7-12-6-13-14-5-11(10-1-3-18-4-2-10)8-20-16(14)21-15(13)9-19-12/h1-6,8-9H,(H,20,21). The highest BCUT2D eigenvalue weighted by Crippen LogP contribution is 2.28. The molecule has 0 atom stereocenters. The molecule has 1 N–H and O–H groups in total. The first kappa shape index (κ1) is 11.6. The van der Waals surface area contributed by atoms with E-state index < -0.39 is 0 Å². The molecule has 0 aliphatic rings. The van der Waals surface area contributed by atoms with Gasteiger partial charge in [0.25, 0.3) is 0 Å². The zero-order valence-corrected chi connectivity index (χ0v) is 10.9. The van der Waals surface area contributed by atoms with Gasteiger partial charge in [-0.2, -0.15) is 5.26 Å². The van der Waals surface area contributed by atoms with Gasteiger partial charge >= 0.3 is 0 Å². The molecule has 0 aliphatic carbocycles. The molecule has 0 spiro atoms. The first-order chi connectivity index (χ1) is 10.3. The predicted octanol–water partition coefficient (Wildman–Crippen LogP) is 3.04. The van der Waals surface area contributed by atoms with Crippen LogP contribution in [0.5, 0.6) is 0 Å². The summed E-state index contributed by atoms with van der Waals surface area (Å²) in [5, 5.41) is 10.9. The third-order valence-electron chi connectivity index (χ3n) is 3.46. The normalized spacial score (nSPS) is 10.8. The van der Waals surface area contributed by atoms with Gasteiger partial charge in [0.05, 0.1) is 11.7 Å². The molecule has 0 saturated heterocycles. The Hall–Kier alpha value is -3.26. The van der Waals surface area contributed by atoms with Crippen LogP contribution in [0.25, 0.3) is 33.1 Å². The molecule has 0 aromatic carbocycles. The van der Waals surface area contributed by atoms with Crippen LogP contribution in [0.1, 0.15) is 5.69 Å². The molecular formula is C16H9N5. The Bertz CT molecular complexity index is 996. The molecule has 0 aliphatic heterocycles. The number of rotatable bonds is 1. The summed E-state index contributed by atoms with van der Waals surface area (Å²) in [6, 6.07) is 9.81. The summed E-state index contributed by atoms with van der Waals surface area (Å²) in [6.07, 6.45) is 7.01. The van der Waals surface area contributed by atoms with Gasteiger partial charge in [0.15, 0.2) is 0 Å². The topological polar surface area (TPSA) is 78.2 Å². The first-order valence-corrected chi connectivity index (χ1v) is 6.43. The molecule has 0 fully saturated rings. The van der Waals surface area contributed by atoms with Crippen molar-refractivity contribution in [2.24, 2.45) is 0 Å². The second-order valence-corrected chi connectivity index (χ2v) is 4.71. The summed E-state index contributed by atoms with van der Waals surface area (Å²) in [5.41, 5.74) is 4.14. The Morgan fingerprint density at radius 2 is 1.81 bits per heavy atom. The molecule has 98 valence electrons. The van der Waals surface area contributed by atoms with Crippen LogP contribution in [0.2, 0.25) is 0 Å². The SMILES string of the molecule is N#Cc1cc2c(cn1)[nH]c1ncc(-c3ccncc3)cc12. The van der Waals surface area contributed by atoms with Crippen LogP contribution < -0.4 is 0 Å². The fourth-order valence-electron chi connectivity index (χ4n) is 2.44. The fourth-order valence-corrected chi connectivity index (χ4v) is 2.44. The molecule has 4 aromatic heterocycles. The number of hydrogen-bond acceptors (Lipinski definition) is 4. The summed E-state index contributed by atoms with van der Waals surface area (Å²) in [5.74, 6) is 0. The van der Waals surface area contributed by atoms with Gasteiger partial charge in [-0.15, -0.1) is 0 Å². The highest BCUT2D eigenvalue weighted by molar-refractivity contribution is 6.06. The minimum Gasteiger partial charge on any atom is -0.338 e. The summed E-state index contributed by atoms with van der Waals surface area (Å²) < 4.78 is 0. The zero-order chi connectivity index (χ0) is 14.2. The lowest BCUT2D eigenvalue weighted by atomic mass is 10.1. The average Bonchev–Trinajstić information content (AvgIpc) is 2.92. The molecule has 21 heavy (non-hydrogen) atoms. The second kappa shape index (κ2) is 4.39. The van der Waals surface area contributed by atoms with E-state index in [2.05, 4.69) is 32.1 Å². The number of hydrogen-bond donors (Lipinski definition) is 1. The molecule has 0 amide bonds. The number of aromatic nitrogens is 4. The maximum atomic E-state index is 8.99. The molecule has 5 nitrogen and oxygen atoms in total. The van der Waals surface area contributed by atoms with Crippen LogP contribution in [0.4, 0.5) is 0 Å². The van der Waals surface area contributed by atoms with Crippen LogP contribution >= 0.6 is 0 Å².